The SMILES string of the molecule is Clc1ccc(N2CCOC3(CCOCC3)C2)nc1. The van der Waals surface area contributed by atoms with E-state index in [9.17, 15) is 0 Å². The number of hydrogen-bond acceptors (Lipinski definition) is 4. The molecule has 2 aliphatic rings. The highest BCUT2D eigenvalue weighted by Crippen LogP contribution is 2.30. The van der Waals surface area contributed by atoms with Crippen LogP contribution < -0.4 is 4.90 Å². The van der Waals surface area contributed by atoms with Crippen molar-refractivity contribution >= 4 is 17.4 Å². The summed E-state index contributed by atoms with van der Waals surface area (Å²) in [4.78, 5) is 6.67. The molecule has 5 heteroatoms. The fourth-order valence-corrected chi connectivity index (χ4v) is 2.75. The Morgan fingerprint density at radius 3 is 2.78 bits per heavy atom. The maximum absolute atomic E-state index is 6.01. The number of ether oxygens (including phenoxy) is 2. The number of nitrogens with zero attached hydrogens (tertiary/aromatic N) is 2. The minimum Gasteiger partial charge on any atom is -0.381 e. The maximum atomic E-state index is 6.01. The zero-order valence-corrected chi connectivity index (χ0v) is 11.0. The first-order chi connectivity index (χ1) is 8.77. The number of hydrogen-bond donors (Lipinski definition) is 0. The molecule has 0 saturated carbocycles. The van der Waals surface area contributed by atoms with Crippen LogP contribution in [0.2, 0.25) is 5.02 Å². The second kappa shape index (κ2) is 5.03. The minimum atomic E-state index is -0.0438. The number of pyridine rings is 1. The van der Waals surface area contributed by atoms with Crippen LogP contribution in [0.4, 0.5) is 5.82 Å². The highest BCUT2D eigenvalue weighted by atomic mass is 35.5. The largest absolute Gasteiger partial charge is 0.381 e. The van der Waals surface area contributed by atoms with Crippen LogP contribution in [0, 0.1) is 0 Å². The lowest BCUT2D eigenvalue weighted by Crippen LogP contribution is -2.54. The van der Waals surface area contributed by atoms with Crippen LogP contribution in [0.1, 0.15) is 12.8 Å². The molecule has 3 rings (SSSR count). The summed E-state index contributed by atoms with van der Waals surface area (Å²) in [7, 11) is 0. The Kier molecular flexibility index (Phi) is 3.41. The lowest BCUT2D eigenvalue weighted by atomic mass is 9.92. The Labute approximate surface area is 112 Å². The monoisotopic (exact) mass is 268 g/mol. The van der Waals surface area contributed by atoms with Gasteiger partial charge in [0.05, 0.1) is 17.2 Å². The van der Waals surface area contributed by atoms with Crippen molar-refractivity contribution in [3.63, 3.8) is 0 Å². The molecule has 0 atom stereocenters. The van der Waals surface area contributed by atoms with Gasteiger partial charge in [0, 0.05) is 45.3 Å². The first-order valence-electron chi connectivity index (χ1n) is 6.36. The summed E-state index contributed by atoms with van der Waals surface area (Å²) in [5.74, 6) is 0.980. The van der Waals surface area contributed by atoms with Crippen molar-refractivity contribution in [3.8, 4) is 0 Å². The van der Waals surface area contributed by atoms with E-state index in [2.05, 4.69) is 9.88 Å². The Bertz CT molecular complexity index is 398. The number of rotatable bonds is 1. The fourth-order valence-electron chi connectivity index (χ4n) is 2.64. The van der Waals surface area contributed by atoms with Crippen molar-refractivity contribution in [2.24, 2.45) is 0 Å². The van der Waals surface area contributed by atoms with Gasteiger partial charge in [-0.1, -0.05) is 11.6 Å². The molecule has 1 spiro atoms. The standard InChI is InChI=1S/C13H17ClN2O2/c14-11-1-2-12(15-9-11)16-5-8-18-13(10-16)3-6-17-7-4-13/h1-2,9H,3-8,10H2. The predicted molar refractivity (Wildman–Crippen MR) is 70.2 cm³/mol. The molecule has 2 aliphatic heterocycles. The summed E-state index contributed by atoms with van der Waals surface area (Å²) >= 11 is 5.87. The molecular weight excluding hydrogens is 252 g/mol. The van der Waals surface area contributed by atoms with Crippen LogP contribution in [-0.2, 0) is 9.47 Å². The van der Waals surface area contributed by atoms with E-state index in [4.69, 9.17) is 21.1 Å². The lowest BCUT2D eigenvalue weighted by molar-refractivity contribution is -0.116. The van der Waals surface area contributed by atoms with Crippen LogP contribution in [0.5, 0.6) is 0 Å². The van der Waals surface area contributed by atoms with Crippen molar-refractivity contribution < 1.29 is 9.47 Å². The van der Waals surface area contributed by atoms with Gasteiger partial charge in [-0.25, -0.2) is 4.98 Å². The Balaban J connectivity index is 1.75. The topological polar surface area (TPSA) is 34.6 Å². The molecule has 0 unspecified atom stereocenters. The van der Waals surface area contributed by atoms with Gasteiger partial charge in [-0.15, -0.1) is 0 Å². The van der Waals surface area contributed by atoms with E-state index < -0.39 is 0 Å². The van der Waals surface area contributed by atoms with E-state index in [-0.39, 0.29) is 5.60 Å². The van der Waals surface area contributed by atoms with Crippen LogP contribution >= 0.6 is 11.6 Å². The summed E-state index contributed by atoms with van der Waals surface area (Å²) in [5.41, 5.74) is -0.0438. The van der Waals surface area contributed by atoms with Crippen molar-refractivity contribution in [3.05, 3.63) is 23.4 Å². The fraction of sp³-hybridized carbons (Fsp3) is 0.615. The van der Waals surface area contributed by atoms with Gasteiger partial charge in [0.1, 0.15) is 5.82 Å². The van der Waals surface area contributed by atoms with Crippen LogP contribution in [0.3, 0.4) is 0 Å². The first kappa shape index (κ1) is 12.2. The minimum absolute atomic E-state index is 0.0438. The molecule has 4 nitrogen and oxygen atoms in total. The molecule has 0 aliphatic carbocycles. The normalized spacial score (nSPS) is 23.3. The van der Waals surface area contributed by atoms with Gasteiger partial charge < -0.3 is 14.4 Å². The smallest absolute Gasteiger partial charge is 0.128 e. The van der Waals surface area contributed by atoms with Gasteiger partial charge in [-0.05, 0) is 12.1 Å². The van der Waals surface area contributed by atoms with Crippen molar-refractivity contribution in [2.45, 2.75) is 18.4 Å². The first-order valence-corrected chi connectivity index (χ1v) is 6.73. The van der Waals surface area contributed by atoms with Gasteiger partial charge >= 0.3 is 0 Å². The lowest BCUT2D eigenvalue weighted by Gasteiger charge is -2.45. The van der Waals surface area contributed by atoms with Gasteiger partial charge in [-0.2, -0.15) is 0 Å². The average Bonchev–Trinajstić information content (AvgIpc) is 2.40. The molecule has 0 bridgehead atoms. The molecule has 2 fully saturated rings. The zero-order chi connectivity index (χ0) is 12.4. The Morgan fingerprint density at radius 2 is 2.06 bits per heavy atom. The summed E-state index contributed by atoms with van der Waals surface area (Å²) in [5, 5.41) is 0.674. The van der Waals surface area contributed by atoms with Crippen molar-refractivity contribution in [1.82, 2.24) is 4.98 Å². The molecule has 2 saturated heterocycles. The van der Waals surface area contributed by atoms with E-state index in [1.165, 1.54) is 0 Å². The van der Waals surface area contributed by atoms with E-state index in [1.54, 1.807) is 6.20 Å². The van der Waals surface area contributed by atoms with Gasteiger partial charge in [0.25, 0.3) is 0 Å². The number of anilines is 1. The highest BCUT2D eigenvalue weighted by molar-refractivity contribution is 6.30. The van der Waals surface area contributed by atoms with Crippen LogP contribution in [0.25, 0.3) is 0 Å². The van der Waals surface area contributed by atoms with Crippen molar-refractivity contribution in [1.29, 1.82) is 0 Å². The third kappa shape index (κ3) is 2.46. The Hall–Kier alpha value is -0.840. The average molecular weight is 269 g/mol. The molecule has 0 N–H and O–H groups in total. The van der Waals surface area contributed by atoms with Gasteiger partial charge in [0.15, 0.2) is 0 Å². The quantitative estimate of drug-likeness (QED) is 0.781. The molecule has 0 amide bonds. The molecule has 0 aromatic carbocycles. The van der Waals surface area contributed by atoms with Crippen molar-refractivity contribution in [2.75, 3.05) is 37.8 Å². The predicted octanol–water partition coefficient (Wildman–Crippen LogP) is 2.12. The molecule has 18 heavy (non-hydrogen) atoms. The van der Waals surface area contributed by atoms with Crippen LogP contribution in [0.15, 0.2) is 18.3 Å². The molecule has 1 aromatic heterocycles. The molecule has 1 aromatic rings. The molecule has 98 valence electrons. The number of halogens is 1. The molecule has 0 radical (unpaired) electrons. The summed E-state index contributed by atoms with van der Waals surface area (Å²) in [6, 6.07) is 3.86. The van der Waals surface area contributed by atoms with Gasteiger partial charge in [-0.3, -0.25) is 0 Å². The van der Waals surface area contributed by atoms with Gasteiger partial charge in [0.2, 0.25) is 0 Å². The third-order valence-electron chi connectivity index (χ3n) is 3.69. The van der Waals surface area contributed by atoms with E-state index in [0.29, 0.717) is 5.02 Å². The van der Waals surface area contributed by atoms with E-state index in [0.717, 1.165) is 51.6 Å². The third-order valence-corrected chi connectivity index (χ3v) is 3.91. The maximum Gasteiger partial charge on any atom is 0.128 e. The summed E-state index contributed by atoms with van der Waals surface area (Å²) in [6.07, 6.45) is 3.64. The summed E-state index contributed by atoms with van der Waals surface area (Å²) in [6.45, 7) is 4.12. The van der Waals surface area contributed by atoms with E-state index in [1.807, 2.05) is 12.1 Å². The highest BCUT2D eigenvalue weighted by Gasteiger charge is 2.38. The number of morpholine rings is 1. The second-order valence-corrected chi connectivity index (χ2v) is 5.34. The second-order valence-electron chi connectivity index (χ2n) is 4.90. The zero-order valence-electron chi connectivity index (χ0n) is 10.3. The molecule has 3 heterocycles. The summed E-state index contributed by atoms with van der Waals surface area (Å²) < 4.78 is 11.4. The Morgan fingerprint density at radius 1 is 1.22 bits per heavy atom. The van der Waals surface area contributed by atoms with Crippen LogP contribution in [-0.4, -0.2) is 43.5 Å². The van der Waals surface area contributed by atoms with E-state index >= 15 is 0 Å². The number of aromatic nitrogens is 1. The molecular formula is C13H17ClN2O2.